The minimum Gasteiger partial charge on any atom is -0.496 e. The Morgan fingerprint density at radius 3 is 2.88 bits per heavy atom. The average Bonchev–Trinajstić information content (AvgIpc) is 2.29. The van der Waals surface area contributed by atoms with Gasteiger partial charge in [0.2, 0.25) is 0 Å². The van der Waals surface area contributed by atoms with Gasteiger partial charge in [0.25, 0.3) is 0 Å². The van der Waals surface area contributed by atoms with E-state index in [0.717, 1.165) is 31.8 Å². The number of nitrogens with zero attached hydrogens (tertiary/aromatic N) is 1. The van der Waals surface area contributed by atoms with Gasteiger partial charge in [-0.1, -0.05) is 6.07 Å². The van der Waals surface area contributed by atoms with Crippen molar-refractivity contribution in [2.45, 2.75) is 19.9 Å². The smallest absolute Gasteiger partial charge is 0.122 e. The van der Waals surface area contributed by atoms with Gasteiger partial charge in [0.1, 0.15) is 5.75 Å². The molecule has 0 atom stereocenters. The SMILES string of the molecule is COc1cc2c(cc1C)CCN(CCO)C2. The number of fused-ring (bicyclic) bond motifs is 1. The summed E-state index contributed by atoms with van der Waals surface area (Å²) in [6.45, 7) is 5.04. The van der Waals surface area contributed by atoms with Crippen LogP contribution in [-0.2, 0) is 13.0 Å². The minimum absolute atomic E-state index is 0.234. The number of aliphatic hydroxyl groups is 1. The summed E-state index contributed by atoms with van der Waals surface area (Å²) in [6.07, 6.45) is 1.07. The van der Waals surface area contributed by atoms with Crippen LogP contribution < -0.4 is 4.74 Å². The molecule has 0 radical (unpaired) electrons. The molecule has 0 fully saturated rings. The number of hydrogen-bond acceptors (Lipinski definition) is 3. The minimum atomic E-state index is 0.234. The van der Waals surface area contributed by atoms with Crippen LogP contribution in [0.4, 0.5) is 0 Å². The molecule has 1 aliphatic heterocycles. The molecule has 3 heteroatoms. The van der Waals surface area contributed by atoms with Crippen LogP contribution in [0, 0.1) is 6.92 Å². The number of β-amino-alcohol motifs (C(OH)–C–C–N with tert-alkyl or cyclic N) is 1. The van der Waals surface area contributed by atoms with Crippen LogP contribution in [0.15, 0.2) is 12.1 Å². The third-order valence-corrected chi connectivity index (χ3v) is 3.22. The van der Waals surface area contributed by atoms with Gasteiger partial charge in [-0.25, -0.2) is 0 Å². The van der Waals surface area contributed by atoms with Crippen LogP contribution in [0.25, 0.3) is 0 Å². The van der Waals surface area contributed by atoms with Crippen molar-refractivity contribution in [1.82, 2.24) is 4.90 Å². The van der Waals surface area contributed by atoms with E-state index in [2.05, 4.69) is 24.0 Å². The first kappa shape index (κ1) is 11.4. The van der Waals surface area contributed by atoms with Crippen molar-refractivity contribution in [3.8, 4) is 5.75 Å². The Balaban J connectivity index is 2.23. The maximum Gasteiger partial charge on any atom is 0.122 e. The highest BCUT2D eigenvalue weighted by Crippen LogP contribution is 2.27. The van der Waals surface area contributed by atoms with Crippen molar-refractivity contribution < 1.29 is 9.84 Å². The quantitative estimate of drug-likeness (QED) is 0.836. The monoisotopic (exact) mass is 221 g/mol. The van der Waals surface area contributed by atoms with Gasteiger partial charge in [0, 0.05) is 19.6 Å². The van der Waals surface area contributed by atoms with E-state index in [1.54, 1.807) is 7.11 Å². The van der Waals surface area contributed by atoms with Crippen molar-refractivity contribution in [2.75, 3.05) is 26.8 Å². The molecule has 0 unspecified atom stereocenters. The fourth-order valence-electron chi connectivity index (χ4n) is 2.32. The van der Waals surface area contributed by atoms with Gasteiger partial charge in [0.05, 0.1) is 13.7 Å². The second-order valence-corrected chi connectivity index (χ2v) is 4.34. The molecule has 1 aromatic carbocycles. The maximum absolute atomic E-state index is 8.95. The molecule has 2 rings (SSSR count). The van der Waals surface area contributed by atoms with E-state index in [1.807, 2.05) is 0 Å². The Morgan fingerprint density at radius 1 is 1.38 bits per heavy atom. The standard InChI is InChI=1S/C13H19NO2/c1-10-7-11-3-4-14(5-6-15)9-12(11)8-13(10)16-2/h7-8,15H,3-6,9H2,1-2H3. The first-order chi connectivity index (χ1) is 7.74. The van der Waals surface area contributed by atoms with Crippen molar-refractivity contribution >= 4 is 0 Å². The molecule has 88 valence electrons. The van der Waals surface area contributed by atoms with Crippen LogP contribution in [0.1, 0.15) is 16.7 Å². The summed E-state index contributed by atoms with van der Waals surface area (Å²) in [5, 5.41) is 8.95. The Morgan fingerprint density at radius 2 is 2.19 bits per heavy atom. The summed E-state index contributed by atoms with van der Waals surface area (Å²) in [5.41, 5.74) is 3.96. The first-order valence-electron chi connectivity index (χ1n) is 5.74. The van der Waals surface area contributed by atoms with Crippen LogP contribution in [-0.4, -0.2) is 36.8 Å². The lowest BCUT2D eigenvalue weighted by molar-refractivity contribution is 0.184. The van der Waals surface area contributed by atoms with Crippen LogP contribution >= 0.6 is 0 Å². The Bertz CT molecular complexity index is 376. The molecule has 1 heterocycles. The summed E-state index contributed by atoms with van der Waals surface area (Å²) in [6, 6.07) is 4.36. The highest BCUT2D eigenvalue weighted by Gasteiger charge is 2.17. The molecule has 0 aliphatic carbocycles. The molecule has 1 aliphatic rings. The summed E-state index contributed by atoms with van der Waals surface area (Å²) >= 11 is 0. The molecule has 3 nitrogen and oxygen atoms in total. The van der Waals surface area contributed by atoms with Gasteiger partial charge in [-0.2, -0.15) is 0 Å². The number of hydrogen-bond donors (Lipinski definition) is 1. The number of ether oxygens (including phenoxy) is 1. The fraction of sp³-hybridized carbons (Fsp3) is 0.538. The molecular formula is C13H19NO2. The number of rotatable bonds is 3. The highest BCUT2D eigenvalue weighted by atomic mass is 16.5. The van der Waals surface area contributed by atoms with Crippen molar-refractivity contribution in [1.29, 1.82) is 0 Å². The van der Waals surface area contributed by atoms with Gasteiger partial charge >= 0.3 is 0 Å². The Kier molecular flexibility index (Phi) is 3.46. The summed E-state index contributed by atoms with van der Waals surface area (Å²) in [4.78, 5) is 2.27. The van der Waals surface area contributed by atoms with E-state index in [1.165, 1.54) is 16.7 Å². The Hall–Kier alpha value is -1.06. The highest BCUT2D eigenvalue weighted by molar-refractivity contribution is 5.43. The second-order valence-electron chi connectivity index (χ2n) is 4.34. The van der Waals surface area contributed by atoms with E-state index in [9.17, 15) is 0 Å². The Labute approximate surface area is 96.6 Å². The largest absolute Gasteiger partial charge is 0.496 e. The van der Waals surface area contributed by atoms with Gasteiger partial charge in [0.15, 0.2) is 0 Å². The summed E-state index contributed by atoms with van der Waals surface area (Å²) in [7, 11) is 1.71. The molecule has 0 aromatic heterocycles. The zero-order valence-corrected chi connectivity index (χ0v) is 9.99. The number of aryl methyl sites for hydroxylation is 1. The van der Waals surface area contributed by atoms with Crippen LogP contribution in [0.5, 0.6) is 5.75 Å². The van der Waals surface area contributed by atoms with E-state index < -0.39 is 0 Å². The van der Waals surface area contributed by atoms with E-state index >= 15 is 0 Å². The van der Waals surface area contributed by atoms with Gasteiger partial charge < -0.3 is 9.84 Å². The molecular weight excluding hydrogens is 202 g/mol. The number of aliphatic hydroxyl groups excluding tert-OH is 1. The molecule has 1 N–H and O–H groups in total. The van der Waals surface area contributed by atoms with Crippen LogP contribution in [0.2, 0.25) is 0 Å². The maximum atomic E-state index is 8.95. The van der Waals surface area contributed by atoms with Crippen LogP contribution in [0.3, 0.4) is 0 Å². The predicted octanol–water partition coefficient (Wildman–Crippen LogP) is 1.35. The van der Waals surface area contributed by atoms with Crippen molar-refractivity contribution in [3.63, 3.8) is 0 Å². The van der Waals surface area contributed by atoms with E-state index in [4.69, 9.17) is 9.84 Å². The number of benzene rings is 1. The molecule has 0 saturated heterocycles. The third-order valence-electron chi connectivity index (χ3n) is 3.22. The lowest BCUT2D eigenvalue weighted by atomic mass is 9.97. The average molecular weight is 221 g/mol. The molecule has 16 heavy (non-hydrogen) atoms. The zero-order valence-electron chi connectivity index (χ0n) is 9.99. The second kappa shape index (κ2) is 4.85. The van der Waals surface area contributed by atoms with Crippen molar-refractivity contribution in [3.05, 3.63) is 28.8 Å². The molecule has 0 spiro atoms. The fourth-order valence-corrected chi connectivity index (χ4v) is 2.32. The van der Waals surface area contributed by atoms with Gasteiger partial charge in [-0.05, 0) is 36.1 Å². The number of methoxy groups -OCH3 is 1. The normalized spacial score (nSPS) is 15.9. The lowest BCUT2D eigenvalue weighted by Gasteiger charge is -2.28. The van der Waals surface area contributed by atoms with Crippen molar-refractivity contribution in [2.24, 2.45) is 0 Å². The van der Waals surface area contributed by atoms with Gasteiger partial charge in [-0.15, -0.1) is 0 Å². The molecule has 0 amide bonds. The third kappa shape index (κ3) is 2.20. The molecule has 0 saturated carbocycles. The summed E-state index contributed by atoms with van der Waals surface area (Å²) < 4.78 is 5.34. The zero-order chi connectivity index (χ0) is 11.5. The molecule has 0 bridgehead atoms. The van der Waals surface area contributed by atoms with E-state index in [-0.39, 0.29) is 6.61 Å². The molecule has 1 aromatic rings. The predicted molar refractivity (Wildman–Crippen MR) is 63.8 cm³/mol. The van der Waals surface area contributed by atoms with E-state index in [0.29, 0.717) is 0 Å². The lowest BCUT2D eigenvalue weighted by Crippen LogP contribution is -2.32. The first-order valence-corrected chi connectivity index (χ1v) is 5.74. The van der Waals surface area contributed by atoms with Gasteiger partial charge in [-0.3, -0.25) is 4.90 Å². The summed E-state index contributed by atoms with van der Waals surface area (Å²) in [5.74, 6) is 0.963. The topological polar surface area (TPSA) is 32.7 Å².